The number of benzene rings is 2. The van der Waals surface area contributed by atoms with E-state index >= 15 is 0 Å². The molecule has 2 aromatic rings. The molecule has 3 rings (SSSR count). The van der Waals surface area contributed by atoms with Gasteiger partial charge in [0.15, 0.2) is 0 Å². The zero-order valence-corrected chi connectivity index (χ0v) is 13.5. The van der Waals surface area contributed by atoms with Crippen molar-refractivity contribution in [3.8, 4) is 0 Å². The van der Waals surface area contributed by atoms with Crippen molar-refractivity contribution in [2.75, 3.05) is 0 Å². The Bertz CT molecular complexity index is 862. The van der Waals surface area contributed by atoms with Crippen LogP contribution >= 0.6 is 11.6 Å². The lowest BCUT2D eigenvalue weighted by atomic mass is 9.86. The summed E-state index contributed by atoms with van der Waals surface area (Å²) in [6.45, 7) is 0. The molecule has 0 bridgehead atoms. The van der Waals surface area contributed by atoms with Gasteiger partial charge in [-0.3, -0.25) is 25.0 Å². The predicted molar refractivity (Wildman–Crippen MR) is 88.7 cm³/mol. The first-order valence-electron chi connectivity index (χ1n) is 7.24. The summed E-state index contributed by atoms with van der Waals surface area (Å²) in [6.07, 6.45) is 0. The third-order valence-electron chi connectivity index (χ3n) is 3.73. The molecule has 0 atom stereocenters. The van der Waals surface area contributed by atoms with Crippen LogP contribution in [0.1, 0.15) is 15.9 Å². The number of rotatable bonds is 3. The van der Waals surface area contributed by atoms with Gasteiger partial charge in [-0.25, -0.2) is 4.79 Å². The maximum atomic E-state index is 12.6. The molecule has 3 N–H and O–H groups in total. The van der Waals surface area contributed by atoms with Crippen molar-refractivity contribution in [3.63, 3.8) is 0 Å². The summed E-state index contributed by atoms with van der Waals surface area (Å²) < 4.78 is 0. The molecule has 1 saturated heterocycles. The van der Waals surface area contributed by atoms with E-state index in [1.165, 1.54) is 24.3 Å². The number of amides is 5. The zero-order valence-electron chi connectivity index (χ0n) is 12.7. The van der Waals surface area contributed by atoms with Gasteiger partial charge in [-0.2, -0.15) is 0 Å². The Kier molecular flexibility index (Phi) is 4.24. The van der Waals surface area contributed by atoms with Crippen LogP contribution in [0.3, 0.4) is 0 Å². The van der Waals surface area contributed by atoms with Crippen LogP contribution in [0.25, 0.3) is 0 Å². The number of imide groups is 2. The molecule has 0 radical (unpaired) electrons. The molecule has 25 heavy (non-hydrogen) atoms. The van der Waals surface area contributed by atoms with Gasteiger partial charge in [0.2, 0.25) is 5.54 Å². The average Bonchev–Trinajstić information content (AvgIpc) is 2.58. The lowest BCUT2D eigenvalue weighted by Crippen LogP contribution is -2.71. The first kappa shape index (κ1) is 16.7. The third kappa shape index (κ3) is 2.97. The van der Waals surface area contributed by atoms with E-state index in [2.05, 4.69) is 5.32 Å². The van der Waals surface area contributed by atoms with Crippen molar-refractivity contribution in [3.05, 3.63) is 70.7 Å². The highest BCUT2D eigenvalue weighted by Gasteiger charge is 2.53. The molecule has 8 heteroatoms. The van der Waals surface area contributed by atoms with Crippen LogP contribution in [-0.2, 0) is 15.1 Å². The Labute approximate surface area is 147 Å². The normalized spacial score (nSPS) is 16.0. The Morgan fingerprint density at radius 2 is 1.56 bits per heavy atom. The third-order valence-corrected chi connectivity index (χ3v) is 3.97. The Hall–Kier alpha value is -3.19. The maximum Gasteiger partial charge on any atom is 0.328 e. The molecule has 0 aromatic heterocycles. The van der Waals surface area contributed by atoms with Gasteiger partial charge in [-0.15, -0.1) is 0 Å². The molecule has 2 aromatic carbocycles. The number of carbonyl (C=O) groups is 4. The fourth-order valence-corrected chi connectivity index (χ4v) is 2.73. The lowest BCUT2D eigenvalue weighted by Gasteiger charge is -2.34. The van der Waals surface area contributed by atoms with Crippen LogP contribution < -0.4 is 16.0 Å². The van der Waals surface area contributed by atoms with Gasteiger partial charge in [0.05, 0.1) is 0 Å². The van der Waals surface area contributed by atoms with Crippen molar-refractivity contribution in [2.24, 2.45) is 0 Å². The second kappa shape index (κ2) is 6.37. The standard InChI is InChI=1S/C17H12ClN3O4/c18-12-8-4-5-10(9-12)13(22)21-17(11-6-2-1-3-7-11)14(23)19-16(25)20-15(17)24/h1-9H,(H,21,22)(H2,19,20,23,24,25). The number of carbonyl (C=O) groups excluding carboxylic acids is 4. The summed E-state index contributed by atoms with van der Waals surface area (Å²) >= 11 is 5.88. The van der Waals surface area contributed by atoms with Crippen molar-refractivity contribution in [2.45, 2.75) is 5.54 Å². The lowest BCUT2D eigenvalue weighted by molar-refractivity contribution is -0.139. The molecule has 1 aliphatic rings. The van der Waals surface area contributed by atoms with E-state index in [4.69, 9.17) is 11.6 Å². The van der Waals surface area contributed by atoms with Crippen molar-refractivity contribution in [1.29, 1.82) is 0 Å². The summed E-state index contributed by atoms with van der Waals surface area (Å²) in [7, 11) is 0. The average molecular weight is 358 g/mol. The van der Waals surface area contributed by atoms with E-state index in [1.807, 2.05) is 10.6 Å². The van der Waals surface area contributed by atoms with E-state index in [1.54, 1.807) is 30.3 Å². The summed E-state index contributed by atoms with van der Waals surface area (Å²) in [4.78, 5) is 49.1. The van der Waals surface area contributed by atoms with Crippen LogP contribution in [0.5, 0.6) is 0 Å². The predicted octanol–water partition coefficient (Wildman–Crippen LogP) is 1.33. The molecular weight excluding hydrogens is 346 g/mol. The largest absolute Gasteiger partial charge is 0.328 e. The first-order valence-corrected chi connectivity index (χ1v) is 7.62. The molecular formula is C17H12ClN3O4. The van der Waals surface area contributed by atoms with E-state index in [9.17, 15) is 19.2 Å². The minimum absolute atomic E-state index is 0.167. The molecule has 5 amide bonds. The quantitative estimate of drug-likeness (QED) is 0.721. The molecule has 0 unspecified atom stereocenters. The highest BCUT2D eigenvalue weighted by atomic mass is 35.5. The monoisotopic (exact) mass is 357 g/mol. The molecule has 7 nitrogen and oxygen atoms in total. The molecule has 0 aliphatic carbocycles. The van der Waals surface area contributed by atoms with E-state index < -0.39 is 29.3 Å². The summed E-state index contributed by atoms with van der Waals surface area (Å²) in [5.74, 6) is -2.57. The highest BCUT2D eigenvalue weighted by molar-refractivity contribution is 6.31. The smallest absolute Gasteiger partial charge is 0.326 e. The van der Waals surface area contributed by atoms with Crippen molar-refractivity contribution in [1.82, 2.24) is 16.0 Å². The van der Waals surface area contributed by atoms with Crippen LogP contribution in [0.2, 0.25) is 5.02 Å². The molecule has 1 aliphatic heterocycles. The molecule has 0 saturated carbocycles. The topological polar surface area (TPSA) is 104 Å². The zero-order chi connectivity index (χ0) is 18.0. The van der Waals surface area contributed by atoms with Gasteiger partial charge in [0.25, 0.3) is 17.7 Å². The van der Waals surface area contributed by atoms with Crippen molar-refractivity contribution < 1.29 is 19.2 Å². The number of urea groups is 1. The van der Waals surface area contributed by atoms with Crippen LogP contribution in [-0.4, -0.2) is 23.8 Å². The number of nitrogens with one attached hydrogen (secondary N) is 3. The number of hydrogen-bond acceptors (Lipinski definition) is 4. The Morgan fingerprint density at radius 3 is 2.16 bits per heavy atom. The van der Waals surface area contributed by atoms with Gasteiger partial charge in [-0.1, -0.05) is 48.0 Å². The number of hydrogen-bond donors (Lipinski definition) is 3. The SMILES string of the molecule is O=C1NC(=O)C(NC(=O)c2cccc(Cl)c2)(c2ccccc2)C(=O)N1. The van der Waals surface area contributed by atoms with Crippen molar-refractivity contribution >= 4 is 35.4 Å². The fraction of sp³-hybridized carbons (Fsp3) is 0.0588. The van der Waals surface area contributed by atoms with Gasteiger partial charge < -0.3 is 5.32 Å². The summed E-state index contributed by atoms with van der Waals surface area (Å²) in [6, 6.07) is 13.0. The van der Waals surface area contributed by atoms with E-state index in [0.717, 1.165) is 0 Å². The molecule has 126 valence electrons. The maximum absolute atomic E-state index is 12.6. The minimum atomic E-state index is -2.07. The number of halogens is 1. The first-order chi connectivity index (χ1) is 11.9. The molecule has 1 fully saturated rings. The highest BCUT2D eigenvalue weighted by Crippen LogP contribution is 2.25. The van der Waals surface area contributed by atoms with Crippen LogP contribution in [0.4, 0.5) is 4.79 Å². The second-order valence-electron chi connectivity index (χ2n) is 5.32. The van der Waals surface area contributed by atoms with E-state index in [0.29, 0.717) is 5.02 Å². The van der Waals surface area contributed by atoms with Gasteiger partial charge in [0.1, 0.15) is 0 Å². The summed E-state index contributed by atoms with van der Waals surface area (Å²) in [5, 5.41) is 6.80. The number of barbiturate groups is 1. The van der Waals surface area contributed by atoms with Crippen LogP contribution in [0, 0.1) is 0 Å². The minimum Gasteiger partial charge on any atom is -0.326 e. The fourth-order valence-electron chi connectivity index (χ4n) is 2.54. The van der Waals surface area contributed by atoms with Gasteiger partial charge in [-0.05, 0) is 23.8 Å². The van der Waals surface area contributed by atoms with Crippen LogP contribution in [0.15, 0.2) is 54.6 Å². The molecule has 1 heterocycles. The Balaban J connectivity index is 2.06. The Morgan fingerprint density at radius 1 is 0.920 bits per heavy atom. The molecule has 0 spiro atoms. The van der Waals surface area contributed by atoms with E-state index in [-0.39, 0.29) is 11.1 Å². The second-order valence-corrected chi connectivity index (χ2v) is 5.75. The van der Waals surface area contributed by atoms with Gasteiger partial charge in [0, 0.05) is 10.6 Å². The van der Waals surface area contributed by atoms with Gasteiger partial charge >= 0.3 is 6.03 Å². The summed E-state index contributed by atoms with van der Waals surface area (Å²) in [5.41, 5.74) is -1.69.